The molecule has 0 aromatic heterocycles. The normalized spacial score (nSPS) is 11.9. The van der Waals surface area contributed by atoms with Crippen molar-refractivity contribution >= 4 is 46.4 Å². The SMILES string of the molecule is COc1ccc(N(Cl)C(=O)C(N=Nc2ccc(C)c(Cl)c2)C(C)=O)cc1OC. The lowest BCUT2D eigenvalue weighted by Gasteiger charge is -2.18. The van der Waals surface area contributed by atoms with Crippen LogP contribution in [0.2, 0.25) is 5.02 Å². The van der Waals surface area contributed by atoms with E-state index in [-0.39, 0.29) is 0 Å². The Hall–Kier alpha value is -2.64. The maximum Gasteiger partial charge on any atom is 0.276 e. The van der Waals surface area contributed by atoms with Crippen molar-refractivity contribution < 1.29 is 19.1 Å². The zero-order chi connectivity index (χ0) is 20.8. The number of ether oxygens (including phenoxy) is 2. The van der Waals surface area contributed by atoms with E-state index in [2.05, 4.69) is 10.2 Å². The first-order valence-electron chi connectivity index (χ1n) is 8.17. The molecule has 0 saturated carbocycles. The standard InChI is InChI=1S/C19H19Cl2N3O4/c1-11-5-6-13(9-15(11)20)22-23-18(12(2)25)19(26)24(21)14-7-8-16(27-3)17(10-14)28-4/h5-10,18H,1-4H3. The smallest absolute Gasteiger partial charge is 0.276 e. The van der Waals surface area contributed by atoms with E-state index in [0.717, 1.165) is 9.98 Å². The van der Waals surface area contributed by atoms with Crippen LogP contribution in [0, 0.1) is 6.92 Å². The highest BCUT2D eigenvalue weighted by Crippen LogP contribution is 2.32. The Kier molecular flexibility index (Phi) is 7.37. The lowest BCUT2D eigenvalue weighted by Crippen LogP contribution is -2.36. The molecular weight excluding hydrogens is 405 g/mol. The van der Waals surface area contributed by atoms with E-state index in [4.69, 9.17) is 32.9 Å². The van der Waals surface area contributed by atoms with E-state index in [1.165, 1.54) is 27.2 Å². The van der Waals surface area contributed by atoms with Gasteiger partial charge in [-0.05, 0) is 43.7 Å². The second-order valence-electron chi connectivity index (χ2n) is 5.82. The Morgan fingerprint density at radius 2 is 1.75 bits per heavy atom. The molecule has 1 amide bonds. The van der Waals surface area contributed by atoms with Crippen molar-refractivity contribution in [3.63, 3.8) is 0 Å². The molecule has 0 aliphatic carbocycles. The molecule has 0 spiro atoms. The predicted octanol–water partition coefficient (Wildman–Crippen LogP) is 4.89. The van der Waals surface area contributed by atoms with Crippen molar-refractivity contribution in [3.8, 4) is 11.5 Å². The first-order valence-corrected chi connectivity index (χ1v) is 8.89. The van der Waals surface area contributed by atoms with Crippen LogP contribution in [-0.2, 0) is 9.59 Å². The van der Waals surface area contributed by atoms with Gasteiger partial charge in [-0.25, -0.2) is 4.42 Å². The molecule has 0 heterocycles. The van der Waals surface area contributed by atoms with Gasteiger partial charge in [-0.15, -0.1) is 0 Å². The van der Waals surface area contributed by atoms with E-state index in [0.29, 0.717) is 27.9 Å². The number of ketones is 1. The summed E-state index contributed by atoms with van der Waals surface area (Å²) in [6, 6.07) is 8.30. The topological polar surface area (TPSA) is 80.6 Å². The molecule has 2 aromatic rings. The molecule has 9 heteroatoms. The molecule has 0 N–H and O–H groups in total. The Morgan fingerprint density at radius 1 is 1.07 bits per heavy atom. The second kappa shape index (κ2) is 9.52. The van der Waals surface area contributed by atoms with Crippen LogP contribution in [0.1, 0.15) is 12.5 Å². The van der Waals surface area contributed by atoms with E-state index in [1.807, 2.05) is 6.92 Å². The number of rotatable bonds is 7. The summed E-state index contributed by atoms with van der Waals surface area (Å²) in [4.78, 5) is 24.7. The summed E-state index contributed by atoms with van der Waals surface area (Å²) in [6.45, 7) is 3.09. The highest BCUT2D eigenvalue weighted by Gasteiger charge is 2.29. The number of Topliss-reactive ketones (excluding diaryl/α,β-unsaturated/α-hetero) is 1. The fourth-order valence-electron chi connectivity index (χ4n) is 2.25. The van der Waals surface area contributed by atoms with Gasteiger partial charge < -0.3 is 9.47 Å². The first-order chi connectivity index (χ1) is 13.3. The number of methoxy groups -OCH3 is 2. The third-order valence-corrected chi connectivity index (χ3v) is 4.62. The summed E-state index contributed by atoms with van der Waals surface area (Å²) in [5, 5.41) is 8.34. The van der Waals surface area contributed by atoms with Crippen LogP contribution in [0.5, 0.6) is 11.5 Å². The molecule has 2 rings (SSSR count). The predicted molar refractivity (Wildman–Crippen MR) is 108 cm³/mol. The number of hydrogen-bond acceptors (Lipinski definition) is 6. The summed E-state index contributed by atoms with van der Waals surface area (Å²) in [5.74, 6) is -0.391. The van der Waals surface area contributed by atoms with E-state index >= 15 is 0 Å². The average Bonchev–Trinajstić information content (AvgIpc) is 2.69. The fourth-order valence-corrected chi connectivity index (χ4v) is 2.63. The van der Waals surface area contributed by atoms with Crippen LogP contribution in [0.4, 0.5) is 11.4 Å². The molecule has 0 radical (unpaired) electrons. The van der Waals surface area contributed by atoms with Gasteiger partial charge in [0.15, 0.2) is 17.3 Å². The van der Waals surface area contributed by atoms with E-state index in [1.54, 1.807) is 30.3 Å². The van der Waals surface area contributed by atoms with Crippen molar-refractivity contribution in [1.29, 1.82) is 0 Å². The van der Waals surface area contributed by atoms with Gasteiger partial charge in [-0.2, -0.15) is 10.2 Å². The van der Waals surface area contributed by atoms with Crippen LogP contribution < -0.4 is 13.9 Å². The maximum absolute atomic E-state index is 12.7. The van der Waals surface area contributed by atoms with E-state index < -0.39 is 17.7 Å². The van der Waals surface area contributed by atoms with Gasteiger partial charge in [0, 0.05) is 22.9 Å². The average molecular weight is 424 g/mol. The molecule has 0 saturated heterocycles. The van der Waals surface area contributed by atoms with Crippen LogP contribution in [0.3, 0.4) is 0 Å². The molecule has 0 bridgehead atoms. The molecule has 0 aliphatic heterocycles. The molecule has 28 heavy (non-hydrogen) atoms. The van der Waals surface area contributed by atoms with Crippen molar-refractivity contribution in [3.05, 3.63) is 47.0 Å². The van der Waals surface area contributed by atoms with Gasteiger partial charge in [0.05, 0.1) is 25.6 Å². The van der Waals surface area contributed by atoms with Crippen LogP contribution in [0.15, 0.2) is 46.6 Å². The van der Waals surface area contributed by atoms with Crippen molar-refractivity contribution in [1.82, 2.24) is 0 Å². The summed E-state index contributed by atoms with van der Waals surface area (Å²) < 4.78 is 11.2. The van der Waals surface area contributed by atoms with Crippen LogP contribution in [0.25, 0.3) is 0 Å². The zero-order valence-electron chi connectivity index (χ0n) is 15.8. The minimum Gasteiger partial charge on any atom is -0.493 e. The minimum atomic E-state index is -1.40. The van der Waals surface area contributed by atoms with Gasteiger partial charge in [-0.1, -0.05) is 17.7 Å². The van der Waals surface area contributed by atoms with Crippen LogP contribution >= 0.6 is 23.4 Å². The maximum atomic E-state index is 12.7. The molecule has 148 valence electrons. The third-order valence-electron chi connectivity index (χ3n) is 3.85. The lowest BCUT2D eigenvalue weighted by molar-refractivity contribution is -0.126. The number of hydrogen-bond donors (Lipinski definition) is 0. The molecule has 0 aliphatic rings. The Balaban J connectivity index is 2.27. The summed E-state index contributed by atoms with van der Waals surface area (Å²) >= 11 is 12.2. The fraction of sp³-hybridized carbons (Fsp3) is 0.263. The first kappa shape index (κ1) is 21.7. The number of carbonyl (C=O) groups excluding carboxylic acids is 2. The van der Waals surface area contributed by atoms with Gasteiger partial charge in [0.1, 0.15) is 0 Å². The number of halogens is 2. The lowest BCUT2D eigenvalue weighted by atomic mass is 10.2. The zero-order valence-corrected chi connectivity index (χ0v) is 17.3. The molecule has 7 nitrogen and oxygen atoms in total. The number of nitrogens with zero attached hydrogens (tertiary/aromatic N) is 3. The van der Waals surface area contributed by atoms with Gasteiger partial charge in [-0.3, -0.25) is 9.59 Å². The summed E-state index contributed by atoms with van der Waals surface area (Å²) in [6.07, 6.45) is 0. The Bertz CT molecular complexity index is 918. The molecular formula is C19H19Cl2N3O4. The van der Waals surface area contributed by atoms with Crippen molar-refractivity contribution in [2.45, 2.75) is 19.9 Å². The van der Waals surface area contributed by atoms with Gasteiger partial charge >= 0.3 is 0 Å². The Labute approximate surface area is 173 Å². The Morgan fingerprint density at radius 3 is 2.32 bits per heavy atom. The summed E-state index contributed by atoms with van der Waals surface area (Å²) in [7, 11) is 2.95. The van der Waals surface area contributed by atoms with Crippen molar-refractivity contribution in [2.75, 3.05) is 18.6 Å². The highest BCUT2D eigenvalue weighted by atomic mass is 35.5. The largest absolute Gasteiger partial charge is 0.493 e. The quantitative estimate of drug-likeness (QED) is 0.360. The minimum absolute atomic E-state index is 0.296. The number of aryl methyl sites for hydroxylation is 1. The van der Waals surface area contributed by atoms with Crippen molar-refractivity contribution in [2.24, 2.45) is 10.2 Å². The highest BCUT2D eigenvalue weighted by molar-refractivity contribution is 6.39. The third kappa shape index (κ3) is 4.99. The number of amides is 1. The number of azo groups is 1. The monoisotopic (exact) mass is 423 g/mol. The number of benzene rings is 2. The van der Waals surface area contributed by atoms with Crippen LogP contribution in [-0.4, -0.2) is 32.0 Å². The van der Waals surface area contributed by atoms with E-state index in [9.17, 15) is 9.59 Å². The second-order valence-corrected chi connectivity index (χ2v) is 6.57. The molecule has 0 fully saturated rings. The van der Waals surface area contributed by atoms with Gasteiger partial charge in [0.25, 0.3) is 5.91 Å². The van der Waals surface area contributed by atoms with Gasteiger partial charge in [0.2, 0.25) is 6.04 Å². The number of carbonyl (C=O) groups is 2. The molecule has 1 unspecified atom stereocenters. The molecule has 2 aromatic carbocycles. The molecule has 1 atom stereocenters. The number of anilines is 1. The summed E-state index contributed by atoms with van der Waals surface area (Å²) in [5.41, 5.74) is 1.59.